The number of aryl methyl sites for hydroxylation is 2. The van der Waals surface area contributed by atoms with Crippen molar-refractivity contribution in [2.45, 2.75) is 109 Å². The van der Waals surface area contributed by atoms with E-state index in [1.165, 1.54) is 88.2 Å². The summed E-state index contributed by atoms with van der Waals surface area (Å²) in [5.41, 5.74) is 11.7. The number of benzene rings is 6. The zero-order chi connectivity index (χ0) is 39.6. The van der Waals surface area contributed by atoms with Crippen LogP contribution in [-0.4, -0.2) is 5.11 Å². The summed E-state index contributed by atoms with van der Waals surface area (Å²) in [6, 6.07) is 48.1. The van der Waals surface area contributed by atoms with Crippen molar-refractivity contribution in [2.24, 2.45) is 0 Å². The highest BCUT2D eigenvalue weighted by Gasteiger charge is 2.44. The van der Waals surface area contributed by atoms with E-state index in [1.54, 1.807) is 0 Å². The first-order valence-corrected chi connectivity index (χ1v) is 23.0. The van der Waals surface area contributed by atoms with E-state index in [0.717, 1.165) is 77.8 Å². The molecule has 294 valence electrons. The van der Waals surface area contributed by atoms with Crippen molar-refractivity contribution < 1.29 is 5.11 Å². The molecule has 0 saturated carbocycles. The quantitative estimate of drug-likeness (QED) is 0.0819. The highest BCUT2D eigenvalue weighted by atomic mass is 79.9. The molecule has 6 aromatic carbocycles. The predicted octanol–water partition coefficient (Wildman–Crippen LogP) is 16.4. The number of fused-ring (bicyclic) bond motifs is 3. The standard InChI is InChI=1S/C53H57Br2NO/c1-3-5-7-9-11-13-17-39-21-29-44(30-22-39)56(45-31-23-40(24-32-45)18-14-12-10-8-6-4-2)46-33-25-41(26-34-46)47-19-15-16-20-50(47)53(57)51-37-42(54)27-35-48(51)49-36-28-43(55)38-52(49)53/h15-16,19-38,57H,3-14,17-18H2,1-2H3. The van der Waals surface area contributed by atoms with Crippen LogP contribution in [0, 0.1) is 0 Å². The fourth-order valence-electron chi connectivity index (χ4n) is 8.67. The third-order valence-electron chi connectivity index (χ3n) is 11.8. The average Bonchev–Trinajstić information content (AvgIpc) is 3.48. The second kappa shape index (κ2) is 19.7. The van der Waals surface area contributed by atoms with Gasteiger partial charge in [0, 0.05) is 42.7 Å². The Balaban J connectivity index is 1.19. The van der Waals surface area contributed by atoms with Crippen molar-refractivity contribution in [2.75, 3.05) is 4.90 Å². The van der Waals surface area contributed by atoms with E-state index in [2.05, 4.69) is 178 Å². The first kappa shape index (κ1) is 41.2. The SMILES string of the molecule is CCCCCCCCc1ccc(N(c2ccc(CCCCCCCC)cc2)c2ccc(-c3ccccc3C3(O)c4cc(Br)ccc4-c4ccc(Br)cc43)cc2)cc1. The summed E-state index contributed by atoms with van der Waals surface area (Å²) in [5, 5.41) is 13.0. The fourth-order valence-corrected chi connectivity index (χ4v) is 9.39. The Labute approximate surface area is 358 Å². The van der Waals surface area contributed by atoms with Crippen molar-refractivity contribution in [3.8, 4) is 22.3 Å². The van der Waals surface area contributed by atoms with E-state index in [1.807, 2.05) is 6.07 Å². The van der Waals surface area contributed by atoms with Gasteiger partial charge in [-0.05, 0) is 120 Å². The Morgan fingerprint density at radius 1 is 0.439 bits per heavy atom. The molecule has 6 aromatic rings. The minimum Gasteiger partial charge on any atom is -0.376 e. The van der Waals surface area contributed by atoms with E-state index < -0.39 is 5.60 Å². The Morgan fingerprint density at radius 2 is 0.860 bits per heavy atom. The number of anilines is 3. The molecule has 0 amide bonds. The summed E-state index contributed by atoms with van der Waals surface area (Å²) >= 11 is 7.39. The molecule has 0 bridgehead atoms. The number of hydrogen-bond donors (Lipinski definition) is 1. The molecule has 0 spiro atoms. The van der Waals surface area contributed by atoms with Crippen LogP contribution < -0.4 is 4.90 Å². The van der Waals surface area contributed by atoms with E-state index in [-0.39, 0.29) is 0 Å². The highest BCUT2D eigenvalue weighted by molar-refractivity contribution is 9.10. The van der Waals surface area contributed by atoms with Crippen molar-refractivity contribution in [1.29, 1.82) is 0 Å². The molecule has 1 N–H and O–H groups in total. The van der Waals surface area contributed by atoms with Crippen molar-refractivity contribution in [1.82, 2.24) is 0 Å². The zero-order valence-corrected chi connectivity index (χ0v) is 36.9. The largest absolute Gasteiger partial charge is 0.376 e. The lowest BCUT2D eigenvalue weighted by molar-refractivity contribution is 0.131. The summed E-state index contributed by atoms with van der Waals surface area (Å²) in [5.74, 6) is 0. The van der Waals surface area contributed by atoms with Crippen LogP contribution in [0.25, 0.3) is 22.3 Å². The van der Waals surface area contributed by atoms with Gasteiger partial charge in [-0.15, -0.1) is 0 Å². The molecule has 0 saturated heterocycles. The number of rotatable bonds is 19. The van der Waals surface area contributed by atoms with Crippen LogP contribution in [0.4, 0.5) is 17.1 Å². The molecule has 0 fully saturated rings. The van der Waals surface area contributed by atoms with Crippen molar-refractivity contribution in [3.05, 3.63) is 170 Å². The van der Waals surface area contributed by atoms with Crippen LogP contribution in [-0.2, 0) is 18.4 Å². The molecular formula is C53H57Br2NO. The van der Waals surface area contributed by atoms with Crippen molar-refractivity contribution >= 4 is 48.9 Å². The second-order valence-corrected chi connectivity index (χ2v) is 17.7. The van der Waals surface area contributed by atoms with E-state index in [4.69, 9.17) is 0 Å². The molecule has 0 aromatic heterocycles. The molecular weight excluding hydrogens is 826 g/mol. The maximum atomic E-state index is 13.0. The van der Waals surface area contributed by atoms with Crippen LogP contribution in [0.2, 0.25) is 0 Å². The molecule has 4 heteroatoms. The molecule has 7 rings (SSSR count). The second-order valence-electron chi connectivity index (χ2n) is 15.9. The molecule has 57 heavy (non-hydrogen) atoms. The van der Waals surface area contributed by atoms with E-state index in [9.17, 15) is 5.11 Å². The average molecular weight is 884 g/mol. The van der Waals surface area contributed by atoms with Crippen LogP contribution in [0.3, 0.4) is 0 Å². The molecule has 2 nitrogen and oxygen atoms in total. The minimum atomic E-state index is -1.33. The van der Waals surface area contributed by atoms with E-state index >= 15 is 0 Å². The lowest BCUT2D eigenvalue weighted by Crippen LogP contribution is -2.27. The van der Waals surface area contributed by atoms with Crippen molar-refractivity contribution in [3.63, 3.8) is 0 Å². The van der Waals surface area contributed by atoms with Gasteiger partial charge in [0.2, 0.25) is 0 Å². The summed E-state index contributed by atoms with van der Waals surface area (Å²) in [4.78, 5) is 2.38. The third-order valence-corrected chi connectivity index (χ3v) is 12.8. The van der Waals surface area contributed by atoms with Gasteiger partial charge in [0.25, 0.3) is 0 Å². The first-order valence-electron chi connectivity index (χ1n) is 21.4. The monoisotopic (exact) mass is 881 g/mol. The molecule has 0 atom stereocenters. The third kappa shape index (κ3) is 9.51. The first-order chi connectivity index (χ1) is 27.9. The van der Waals surface area contributed by atoms with Gasteiger partial charge in [-0.1, -0.05) is 183 Å². The number of aliphatic hydroxyl groups is 1. The highest BCUT2D eigenvalue weighted by Crippen LogP contribution is 2.54. The predicted molar refractivity (Wildman–Crippen MR) is 250 cm³/mol. The normalized spacial score (nSPS) is 12.7. The van der Waals surface area contributed by atoms with Crippen LogP contribution in [0.5, 0.6) is 0 Å². The number of halogens is 2. The fraction of sp³-hybridized carbons (Fsp3) is 0.321. The van der Waals surface area contributed by atoms with Crippen LogP contribution >= 0.6 is 31.9 Å². The maximum absolute atomic E-state index is 13.0. The summed E-state index contributed by atoms with van der Waals surface area (Å²) in [7, 11) is 0. The number of unbranched alkanes of at least 4 members (excludes halogenated alkanes) is 10. The number of nitrogens with zero attached hydrogens (tertiary/aromatic N) is 1. The van der Waals surface area contributed by atoms with Gasteiger partial charge < -0.3 is 10.0 Å². The van der Waals surface area contributed by atoms with Gasteiger partial charge in [0.15, 0.2) is 0 Å². The number of hydrogen-bond acceptors (Lipinski definition) is 2. The molecule has 0 heterocycles. The van der Waals surface area contributed by atoms with Gasteiger partial charge in [-0.2, -0.15) is 0 Å². The van der Waals surface area contributed by atoms with Gasteiger partial charge in [0.05, 0.1) is 0 Å². The lowest BCUT2D eigenvalue weighted by atomic mass is 9.80. The van der Waals surface area contributed by atoms with Gasteiger partial charge >= 0.3 is 0 Å². The van der Waals surface area contributed by atoms with E-state index in [0.29, 0.717) is 0 Å². The van der Waals surface area contributed by atoms with Crippen LogP contribution in [0.1, 0.15) is 119 Å². The summed E-state index contributed by atoms with van der Waals surface area (Å²) in [6.07, 6.45) is 18.0. The smallest absolute Gasteiger partial charge is 0.142 e. The molecule has 0 aliphatic heterocycles. The minimum absolute atomic E-state index is 0.868. The topological polar surface area (TPSA) is 23.5 Å². The Morgan fingerprint density at radius 3 is 1.33 bits per heavy atom. The summed E-state index contributed by atoms with van der Waals surface area (Å²) in [6.45, 7) is 4.56. The Hall–Kier alpha value is -3.96. The van der Waals surface area contributed by atoms with Gasteiger partial charge in [-0.3, -0.25) is 0 Å². The summed E-state index contributed by atoms with van der Waals surface area (Å²) < 4.78 is 1.89. The molecule has 0 unspecified atom stereocenters. The zero-order valence-electron chi connectivity index (χ0n) is 33.8. The molecule has 0 radical (unpaired) electrons. The molecule has 1 aliphatic carbocycles. The lowest BCUT2D eigenvalue weighted by Gasteiger charge is -2.30. The maximum Gasteiger partial charge on any atom is 0.142 e. The van der Waals surface area contributed by atoms with Gasteiger partial charge in [-0.25, -0.2) is 0 Å². The van der Waals surface area contributed by atoms with Crippen LogP contribution in [0.15, 0.2) is 142 Å². The molecule has 1 aliphatic rings. The Bertz CT molecular complexity index is 2100. The van der Waals surface area contributed by atoms with Gasteiger partial charge in [0.1, 0.15) is 5.60 Å². The Kier molecular flexibility index (Phi) is 14.2.